The molecule has 10 heteroatoms. The van der Waals surface area contributed by atoms with E-state index in [0.717, 1.165) is 16.7 Å². The number of aliphatic carboxylic acids is 1. The Balaban J connectivity index is 1.59. The van der Waals surface area contributed by atoms with Crippen LogP contribution in [0.15, 0.2) is 72.8 Å². The van der Waals surface area contributed by atoms with Crippen LogP contribution in [-0.4, -0.2) is 82.1 Å². The number of carbonyl (C=O) groups excluding carboxylic acids is 3. The molecule has 1 fully saturated rings. The summed E-state index contributed by atoms with van der Waals surface area (Å²) in [7, 11) is 0. The minimum Gasteiger partial charge on any atom is -0.481 e. The molecule has 3 amide bonds. The van der Waals surface area contributed by atoms with Gasteiger partial charge in [-0.3, -0.25) is 14.4 Å². The molecule has 0 aliphatic carbocycles. The van der Waals surface area contributed by atoms with Gasteiger partial charge in [-0.1, -0.05) is 60.7 Å². The molecular formula is C31H34N4O6. The maximum Gasteiger partial charge on any atom is 0.409 e. The van der Waals surface area contributed by atoms with E-state index in [9.17, 15) is 24.3 Å². The molecule has 1 aromatic heterocycles. The van der Waals surface area contributed by atoms with E-state index in [1.54, 1.807) is 24.8 Å². The van der Waals surface area contributed by atoms with Crippen LogP contribution in [0.2, 0.25) is 0 Å². The van der Waals surface area contributed by atoms with Gasteiger partial charge in [-0.05, 0) is 43.5 Å². The predicted octanol–water partition coefficient (Wildman–Crippen LogP) is 4.07. The monoisotopic (exact) mass is 558 g/mol. The van der Waals surface area contributed by atoms with E-state index < -0.39 is 29.9 Å². The van der Waals surface area contributed by atoms with Gasteiger partial charge in [0.15, 0.2) is 0 Å². The molecule has 10 nitrogen and oxygen atoms in total. The molecule has 2 unspecified atom stereocenters. The van der Waals surface area contributed by atoms with Crippen LogP contribution < -0.4 is 5.32 Å². The Hall–Kier alpha value is -4.73. The second-order valence-corrected chi connectivity index (χ2v) is 9.84. The summed E-state index contributed by atoms with van der Waals surface area (Å²) in [6.07, 6.45) is -0.837. The van der Waals surface area contributed by atoms with Gasteiger partial charge in [-0.25, -0.2) is 9.78 Å². The van der Waals surface area contributed by atoms with Gasteiger partial charge in [0, 0.05) is 37.7 Å². The largest absolute Gasteiger partial charge is 0.481 e. The van der Waals surface area contributed by atoms with E-state index in [4.69, 9.17) is 4.74 Å². The molecular weight excluding hydrogens is 524 g/mol. The van der Waals surface area contributed by atoms with E-state index >= 15 is 0 Å². The highest BCUT2D eigenvalue weighted by molar-refractivity contribution is 5.98. The van der Waals surface area contributed by atoms with Crippen LogP contribution in [0.4, 0.5) is 4.79 Å². The van der Waals surface area contributed by atoms with E-state index in [2.05, 4.69) is 10.3 Å². The van der Waals surface area contributed by atoms with E-state index in [1.165, 1.54) is 4.90 Å². The molecule has 1 aliphatic heterocycles. The van der Waals surface area contributed by atoms with Crippen LogP contribution >= 0.6 is 0 Å². The van der Waals surface area contributed by atoms with Crippen molar-refractivity contribution in [3.63, 3.8) is 0 Å². The van der Waals surface area contributed by atoms with Crippen LogP contribution in [0, 0.1) is 0 Å². The number of hydrogen-bond donors (Lipinski definition) is 2. The summed E-state index contributed by atoms with van der Waals surface area (Å²) in [4.78, 5) is 58.5. The molecule has 0 saturated carbocycles. The number of aromatic nitrogens is 1. The van der Waals surface area contributed by atoms with Crippen molar-refractivity contribution in [2.24, 2.45) is 0 Å². The number of carboxylic acids is 1. The van der Waals surface area contributed by atoms with Gasteiger partial charge >= 0.3 is 12.1 Å². The third kappa shape index (κ3) is 7.47. The summed E-state index contributed by atoms with van der Waals surface area (Å²) < 4.78 is 5.08. The summed E-state index contributed by atoms with van der Waals surface area (Å²) in [5.74, 6) is -2.06. The highest BCUT2D eigenvalue weighted by atomic mass is 16.6. The van der Waals surface area contributed by atoms with Crippen LogP contribution in [0.5, 0.6) is 0 Å². The minimum atomic E-state index is -1.09. The Labute approximate surface area is 238 Å². The third-order valence-corrected chi connectivity index (χ3v) is 6.92. The second-order valence-electron chi connectivity index (χ2n) is 9.84. The zero-order chi connectivity index (χ0) is 29.4. The fourth-order valence-corrected chi connectivity index (χ4v) is 4.82. The average molecular weight is 559 g/mol. The first kappa shape index (κ1) is 29.3. The van der Waals surface area contributed by atoms with Gasteiger partial charge in [0.2, 0.25) is 5.91 Å². The van der Waals surface area contributed by atoms with Crippen molar-refractivity contribution in [3.05, 3.63) is 78.5 Å². The van der Waals surface area contributed by atoms with Crippen molar-refractivity contribution in [1.82, 2.24) is 20.1 Å². The number of carboxylic acid groups (broad SMARTS) is 1. The number of piperazine rings is 1. The smallest absolute Gasteiger partial charge is 0.409 e. The molecule has 0 radical (unpaired) electrons. The lowest BCUT2D eigenvalue weighted by atomic mass is 10.0. The van der Waals surface area contributed by atoms with E-state index in [1.807, 2.05) is 66.7 Å². The molecule has 2 atom stereocenters. The highest BCUT2D eigenvalue weighted by Gasteiger charge is 2.35. The Morgan fingerprint density at radius 1 is 0.976 bits per heavy atom. The van der Waals surface area contributed by atoms with Gasteiger partial charge < -0.3 is 25.0 Å². The quantitative estimate of drug-likeness (QED) is 0.405. The lowest BCUT2D eigenvalue weighted by molar-refractivity contribution is -0.139. The van der Waals surface area contributed by atoms with Crippen LogP contribution in [0.1, 0.15) is 37.2 Å². The summed E-state index contributed by atoms with van der Waals surface area (Å²) in [5, 5.41) is 12.1. The molecule has 0 spiro atoms. The Morgan fingerprint density at radius 2 is 1.63 bits per heavy atom. The van der Waals surface area contributed by atoms with Gasteiger partial charge in [-0.15, -0.1) is 0 Å². The number of ether oxygens (including phenoxy) is 1. The zero-order valence-corrected chi connectivity index (χ0v) is 23.2. The van der Waals surface area contributed by atoms with Gasteiger partial charge in [-0.2, -0.15) is 0 Å². The number of pyridine rings is 1. The maximum atomic E-state index is 13.6. The average Bonchev–Trinajstić information content (AvgIpc) is 2.99. The third-order valence-electron chi connectivity index (χ3n) is 6.92. The number of hydrogen-bond acceptors (Lipinski definition) is 6. The van der Waals surface area contributed by atoms with Crippen LogP contribution in [0.25, 0.3) is 22.4 Å². The molecule has 0 bridgehead atoms. The Kier molecular flexibility index (Phi) is 9.68. The topological polar surface area (TPSA) is 129 Å². The summed E-state index contributed by atoms with van der Waals surface area (Å²) in [5.41, 5.74) is 3.20. The molecule has 41 heavy (non-hydrogen) atoms. The lowest BCUT2D eigenvalue weighted by Gasteiger charge is -2.40. The molecule has 1 aliphatic rings. The number of rotatable bonds is 9. The first-order chi connectivity index (χ1) is 19.8. The molecule has 4 rings (SSSR count). The normalized spacial score (nSPS) is 15.6. The fourth-order valence-electron chi connectivity index (χ4n) is 4.82. The van der Waals surface area contributed by atoms with Crippen molar-refractivity contribution in [3.8, 4) is 22.4 Å². The number of nitrogens with one attached hydrogen (secondary N) is 1. The van der Waals surface area contributed by atoms with Gasteiger partial charge in [0.05, 0.1) is 12.3 Å². The lowest BCUT2D eigenvalue weighted by Crippen LogP contribution is -2.59. The standard InChI is InChI=1S/C31H34N4O6/c1-3-41-31(40)34-16-17-35(21(2)20-34)30(39)25(14-15-28(36)37)33-29(38)27-19-24(22-10-6-4-7-11-22)18-26(32-27)23-12-8-5-9-13-23/h4-13,18-19,21,25H,3,14-17,20H2,1-2H3,(H,33,38)(H,36,37). The summed E-state index contributed by atoms with van der Waals surface area (Å²) >= 11 is 0. The number of amides is 3. The minimum absolute atomic E-state index is 0.0887. The fraction of sp³-hybridized carbons (Fsp3) is 0.323. The number of carbonyl (C=O) groups is 4. The van der Waals surface area contributed by atoms with Crippen LogP contribution in [-0.2, 0) is 14.3 Å². The van der Waals surface area contributed by atoms with Crippen LogP contribution in [0.3, 0.4) is 0 Å². The van der Waals surface area contributed by atoms with Crippen molar-refractivity contribution in [2.75, 3.05) is 26.2 Å². The van der Waals surface area contributed by atoms with Gasteiger partial charge in [0.1, 0.15) is 11.7 Å². The predicted molar refractivity (Wildman–Crippen MR) is 153 cm³/mol. The SMILES string of the molecule is CCOC(=O)N1CCN(C(=O)C(CCC(=O)O)NC(=O)c2cc(-c3ccccc3)cc(-c3ccccc3)n2)C(C)C1. The maximum absolute atomic E-state index is 13.6. The molecule has 2 aromatic carbocycles. The number of benzene rings is 2. The Morgan fingerprint density at radius 3 is 2.24 bits per heavy atom. The van der Waals surface area contributed by atoms with Crippen molar-refractivity contribution < 1.29 is 29.0 Å². The van der Waals surface area contributed by atoms with Crippen molar-refractivity contribution in [1.29, 1.82) is 0 Å². The van der Waals surface area contributed by atoms with Gasteiger partial charge in [0.25, 0.3) is 5.91 Å². The van der Waals surface area contributed by atoms with E-state index in [-0.39, 0.29) is 50.8 Å². The molecule has 2 N–H and O–H groups in total. The molecule has 3 aromatic rings. The second kappa shape index (κ2) is 13.6. The molecule has 214 valence electrons. The molecule has 1 saturated heterocycles. The molecule has 2 heterocycles. The van der Waals surface area contributed by atoms with E-state index in [0.29, 0.717) is 5.69 Å². The number of nitrogens with zero attached hydrogens (tertiary/aromatic N) is 3. The highest BCUT2D eigenvalue weighted by Crippen LogP contribution is 2.26. The first-order valence-corrected chi connectivity index (χ1v) is 13.6. The summed E-state index contributed by atoms with van der Waals surface area (Å²) in [6.45, 7) is 4.56. The zero-order valence-electron chi connectivity index (χ0n) is 23.2. The summed E-state index contributed by atoms with van der Waals surface area (Å²) in [6, 6.07) is 21.2. The van der Waals surface area contributed by atoms with Crippen molar-refractivity contribution in [2.45, 2.75) is 38.8 Å². The first-order valence-electron chi connectivity index (χ1n) is 13.6. The van der Waals surface area contributed by atoms with Crippen molar-refractivity contribution >= 4 is 23.9 Å². The Bertz CT molecular complexity index is 1320.